The minimum atomic E-state index is -1.34. The third kappa shape index (κ3) is 1.65. The maximum absolute atomic E-state index is 10.3. The van der Waals surface area contributed by atoms with E-state index in [2.05, 4.69) is 14.8 Å². The second kappa shape index (κ2) is 3.13. The highest BCUT2D eigenvalue weighted by molar-refractivity contribution is 5.86. The second-order valence-electron chi connectivity index (χ2n) is 3.79. The fraction of sp³-hybridized carbons (Fsp3) is 0.750. The smallest absolute Gasteiger partial charge is 0.449 e. The number of likely N-dealkylation sites (N-methyl/N-ethyl adjacent to an activating group) is 1. The van der Waals surface area contributed by atoms with E-state index in [9.17, 15) is 4.79 Å². The third-order valence-corrected chi connectivity index (χ3v) is 2.53. The summed E-state index contributed by atoms with van der Waals surface area (Å²) in [6, 6.07) is 0. The zero-order valence-corrected chi connectivity index (χ0v) is 7.89. The van der Waals surface area contributed by atoms with E-state index >= 15 is 0 Å². The Bertz CT molecular complexity index is 291. The number of likely N-dealkylation sites (tertiary alicyclic amines) is 1. The molecule has 2 rings (SSSR count). The molecule has 1 saturated heterocycles. The monoisotopic (exact) mass is 200 g/mol. The molecule has 14 heavy (non-hydrogen) atoms. The molecule has 1 unspecified atom stereocenters. The van der Waals surface area contributed by atoms with Crippen molar-refractivity contribution in [3.8, 4) is 0 Å². The van der Waals surface area contributed by atoms with Crippen LogP contribution in [0.1, 0.15) is 12.8 Å². The van der Waals surface area contributed by atoms with Gasteiger partial charge in [0.2, 0.25) is 5.90 Å². The molecule has 0 aromatic rings. The molecule has 0 saturated carbocycles. The molecule has 0 aromatic carbocycles. The van der Waals surface area contributed by atoms with Gasteiger partial charge in [0, 0.05) is 19.5 Å². The maximum Gasteiger partial charge on any atom is 0.512 e. The molecule has 1 fully saturated rings. The van der Waals surface area contributed by atoms with Crippen LogP contribution in [0, 0.1) is 0 Å². The lowest BCUT2D eigenvalue weighted by Gasteiger charge is -2.19. The predicted octanol–water partition coefficient (Wildman–Crippen LogP) is 0.489. The Labute approximate surface area is 81.1 Å². The number of oxime groups is 1. The molecule has 0 aromatic heterocycles. The van der Waals surface area contributed by atoms with Gasteiger partial charge in [0.15, 0.2) is 5.60 Å². The summed E-state index contributed by atoms with van der Waals surface area (Å²) >= 11 is 0. The Morgan fingerprint density at radius 3 is 3.14 bits per heavy atom. The highest BCUT2D eigenvalue weighted by Gasteiger charge is 2.45. The van der Waals surface area contributed by atoms with Gasteiger partial charge in [-0.1, -0.05) is 5.16 Å². The summed E-state index contributed by atoms with van der Waals surface area (Å²) in [6.07, 6.45) is -0.0286. The molecule has 78 valence electrons. The van der Waals surface area contributed by atoms with Gasteiger partial charge in [-0.3, -0.25) is 0 Å². The van der Waals surface area contributed by atoms with E-state index < -0.39 is 6.16 Å². The van der Waals surface area contributed by atoms with Gasteiger partial charge in [0.25, 0.3) is 0 Å². The van der Waals surface area contributed by atoms with Gasteiger partial charge in [0.05, 0.1) is 6.42 Å². The number of carbonyl (C=O) groups is 1. The zero-order chi connectivity index (χ0) is 10.2. The molecule has 1 atom stereocenters. The van der Waals surface area contributed by atoms with E-state index in [1.807, 2.05) is 7.05 Å². The van der Waals surface area contributed by atoms with Gasteiger partial charge >= 0.3 is 6.16 Å². The van der Waals surface area contributed by atoms with Gasteiger partial charge in [0.1, 0.15) is 0 Å². The van der Waals surface area contributed by atoms with Gasteiger partial charge in [-0.05, 0) is 7.05 Å². The summed E-state index contributed by atoms with van der Waals surface area (Å²) in [5.74, 6) is 0.160. The van der Waals surface area contributed by atoms with Gasteiger partial charge in [-0.2, -0.15) is 0 Å². The van der Waals surface area contributed by atoms with Crippen LogP contribution >= 0.6 is 0 Å². The molecule has 0 radical (unpaired) electrons. The predicted molar refractivity (Wildman–Crippen MR) is 47.1 cm³/mol. The lowest BCUT2D eigenvalue weighted by molar-refractivity contribution is -0.00840. The van der Waals surface area contributed by atoms with Crippen LogP contribution in [0.25, 0.3) is 0 Å². The van der Waals surface area contributed by atoms with E-state index in [-0.39, 0.29) is 11.5 Å². The number of hydrogen-bond donors (Lipinski definition) is 1. The molecular weight excluding hydrogens is 188 g/mol. The van der Waals surface area contributed by atoms with Crippen molar-refractivity contribution in [2.45, 2.75) is 18.4 Å². The van der Waals surface area contributed by atoms with Crippen LogP contribution in [0.15, 0.2) is 5.16 Å². The summed E-state index contributed by atoms with van der Waals surface area (Å²) in [4.78, 5) is 17.6. The summed E-state index contributed by atoms with van der Waals surface area (Å²) in [6.45, 7) is 1.71. The number of hydrogen-bond acceptors (Lipinski definition) is 5. The van der Waals surface area contributed by atoms with Gasteiger partial charge in [-0.15, -0.1) is 0 Å². The van der Waals surface area contributed by atoms with Crippen LogP contribution in [0.4, 0.5) is 4.79 Å². The Morgan fingerprint density at radius 1 is 1.79 bits per heavy atom. The van der Waals surface area contributed by atoms with E-state index in [1.165, 1.54) is 0 Å². The van der Waals surface area contributed by atoms with E-state index in [0.717, 1.165) is 19.5 Å². The average molecular weight is 200 g/mol. The molecule has 2 aliphatic rings. The Kier molecular flexibility index (Phi) is 2.07. The number of carboxylic acid groups (broad SMARTS) is 1. The van der Waals surface area contributed by atoms with E-state index in [1.54, 1.807) is 0 Å². The average Bonchev–Trinajstić information content (AvgIpc) is 2.60. The SMILES string of the molecule is CN1CCC2(CC(OC(=O)O)=NO2)C1. The number of ether oxygens (including phenoxy) is 1. The van der Waals surface area contributed by atoms with Crippen LogP contribution in [0.5, 0.6) is 0 Å². The lowest BCUT2D eigenvalue weighted by atomic mass is 10.00. The molecule has 2 heterocycles. The highest BCUT2D eigenvalue weighted by Crippen LogP contribution is 2.33. The van der Waals surface area contributed by atoms with Crippen molar-refractivity contribution in [2.75, 3.05) is 20.1 Å². The molecule has 1 spiro atoms. The van der Waals surface area contributed by atoms with Crippen molar-refractivity contribution in [1.82, 2.24) is 4.90 Å². The zero-order valence-electron chi connectivity index (χ0n) is 7.89. The summed E-state index contributed by atoms with van der Waals surface area (Å²) < 4.78 is 4.46. The van der Waals surface area contributed by atoms with Crippen molar-refractivity contribution in [1.29, 1.82) is 0 Å². The molecule has 6 nitrogen and oxygen atoms in total. The summed E-state index contributed by atoms with van der Waals surface area (Å²) in [5.41, 5.74) is -0.348. The molecule has 0 amide bonds. The Balaban J connectivity index is 1.95. The first-order chi connectivity index (χ1) is 6.60. The van der Waals surface area contributed by atoms with Crippen LogP contribution in [-0.2, 0) is 9.57 Å². The van der Waals surface area contributed by atoms with Crippen molar-refractivity contribution >= 4 is 12.1 Å². The lowest BCUT2D eigenvalue weighted by Crippen LogP contribution is -2.32. The maximum atomic E-state index is 10.3. The summed E-state index contributed by atoms with van der Waals surface area (Å²) in [7, 11) is 1.99. The number of nitrogens with zero attached hydrogens (tertiary/aromatic N) is 2. The van der Waals surface area contributed by atoms with Crippen molar-refractivity contribution in [3.63, 3.8) is 0 Å². The summed E-state index contributed by atoms with van der Waals surface area (Å²) in [5, 5.41) is 12.0. The van der Waals surface area contributed by atoms with Crippen LogP contribution in [-0.4, -0.2) is 47.8 Å². The molecular formula is C8H12N2O4. The van der Waals surface area contributed by atoms with Crippen molar-refractivity contribution < 1.29 is 19.5 Å². The van der Waals surface area contributed by atoms with Crippen LogP contribution < -0.4 is 0 Å². The molecule has 6 heteroatoms. The van der Waals surface area contributed by atoms with Gasteiger partial charge < -0.3 is 19.6 Å². The Hall–Kier alpha value is -1.30. The minimum Gasteiger partial charge on any atom is -0.449 e. The number of rotatable bonds is 0. The first-order valence-electron chi connectivity index (χ1n) is 4.44. The second-order valence-corrected chi connectivity index (χ2v) is 3.79. The standard InChI is InChI=1S/C8H12N2O4/c1-10-3-2-8(5-10)4-6(9-14-8)13-7(11)12/h2-5H2,1H3,(H,11,12). The molecule has 0 bridgehead atoms. The minimum absolute atomic E-state index is 0.160. The quantitative estimate of drug-likeness (QED) is 0.576. The van der Waals surface area contributed by atoms with E-state index in [0.29, 0.717) is 6.42 Å². The van der Waals surface area contributed by atoms with Crippen molar-refractivity contribution in [2.24, 2.45) is 5.16 Å². The Morgan fingerprint density at radius 2 is 2.57 bits per heavy atom. The van der Waals surface area contributed by atoms with Crippen molar-refractivity contribution in [3.05, 3.63) is 0 Å². The molecule has 0 aliphatic carbocycles. The van der Waals surface area contributed by atoms with Crippen LogP contribution in [0.2, 0.25) is 0 Å². The fourth-order valence-corrected chi connectivity index (χ4v) is 1.91. The fourth-order valence-electron chi connectivity index (χ4n) is 1.91. The topological polar surface area (TPSA) is 71.4 Å². The molecule has 2 aliphatic heterocycles. The largest absolute Gasteiger partial charge is 0.512 e. The van der Waals surface area contributed by atoms with Crippen LogP contribution in [0.3, 0.4) is 0 Å². The van der Waals surface area contributed by atoms with Gasteiger partial charge in [-0.25, -0.2) is 4.79 Å². The molecule has 1 N–H and O–H groups in total. The normalized spacial score (nSPS) is 31.6. The first-order valence-corrected chi connectivity index (χ1v) is 4.44. The van der Waals surface area contributed by atoms with E-state index in [4.69, 9.17) is 9.94 Å². The highest BCUT2D eigenvalue weighted by atomic mass is 16.7. The third-order valence-electron chi connectivity index (χ3n) is 2.53. The first kappa shape index (κ1) is 9.26.